The van der Waals surface area contributed by atoms with E-state index in [0.717, 1.165) is 23.8 Å². The van der Waals surface area contributed by atoms with Crippen molar-refractivity contribution in [1.82, 2.24) is 14.9 Å². The van der Waals surface area contributed by atoms with Crippen LogP contribution in [0.4, 0.5) is 0 Å². The molecule has 1 fully saturated rings. The zero-order valence-electron chi connectivity index (χ0n) is 14.0. The Kier molecular flexibility index (Phi) is 5.01. The van der Waals surface area contributed by atoms with Gasteiger partial charge in [0.1, 0.15) is 6.04 Å². The quantitative estimate of drug-likeness (QED) is 0.698. The van der Waals surface area contributed by atoms with Crippen LogP contribution in [0.5, 0.6) is 0 Å². The van der Waals surface area contributed by atoms with Crippen molar-refractivity contribution < 1.29 is 14.7 Å². The van der Waals surface area contributed by atoms with E-state index in [1.54, 1.807) is 30.3 Å². The number of benzene rings is 1. The minimum absolute atomic E-state index is 0.163. The van der Waals surface area contributed by atoms with Crippen LogP contribution >= 0.6 is 0 Å². The van der Waals surface area contributed by atoms with Crippen LogP contribution in [0.2, 0.25) is 0 Å². The van der Waals surface area contributed by atoms with Crippen LogP contribution in [0.25, 0.3) is 11.1 Å². The summed E-state index contributed by atoms with van der Waals surface area (Å²) in [5.74, 6) is -1.72. The van der Waals surface area contributed by atoms with E-state index in [1.165, 1.54) is 6.20 Å². The molecule has 1 aliphatic carbocycles. The number of aliphatic carboxylic acids is 1. The van der Waals surface area contributed by atoms with Crippen molar-refractivity contribution in [3.8, 4) is 11.1 Å². The van der Waals surface area contributed by atoms with Gasteiger partial charge in [-0.3, -0.25) is 19.1 Å². The van der Waals surface area contributed by atoms with Gasteiger partial charge in [0, 0.05) is 12.1 Å². The monoisotopic (exact) mass is 357 g/mol. The summed E-state index contributed by atoms with van der Waals surface area (Å²) in [6.07, 6.45) is 3.77. The van der Waals surface area contributed by atoms with E-state index in [0.29, 0.717) is 5.56 Å². The molecule has 1 amide bonds. The molecular weight excluding hydrogens is 338 g/mol. The molecule has 3 rings (SSSR count). The second kappa shape index (κ2) is 7.38. The Morgan fingerprint density at radius 2 is 1.92 bits per heavy atom. The Bertz CT molecular complexity index is 928. The summed E-state index contributed by atoms with van der Waals surface area (Å²) in [6.45, 7) is -0.275. The zero-order valence-corrected chi connectivity index (χ0v) is 14.0. The number of carboxylic acid groups (broad SMARTS) is 1. The number of rotatable bonds is 6. The van der Waals surface area contributed by atoms with Crippen molar-refractivity contribution in [2.24, 2.45) is 5.92 Å². The number of carboxylic acids is 1. The van der Waals surface area contributed by atoms with Gasteiger partial charge in [-0.15, -0.1) is 0 Å². The van der Waals surface area contributed by atoms with Gasteiger partial charge in [-0.1, -0.05) is 36.8 Å². The summed E-state index contributed by atoms with van der Waals surface area (Å²) in [5, 5.41) is 11.9. The fourth-order valence-corrected chi connectivity index (χ4v) is 2.81. The smallest absolute Gasteiger partial charge is 0.328 e. The number of H-pyrrole nitrogens is 1. The Balaban J connectivity index is 1.87. The van der Waals surface area contributed by atoms with Gasteiger partial charge in [0.05, 0.1) is 12.1 Å². The number of hydrogen-bond acceptors (Lipinski definition) is 4. The van der Waals surface area contributed by atoms with Crippen LogP contribution in [0.3, 0.4) is 0 Å². The van der Waals surface area contributed by atoms with E-state index < -0.39 is 23.3 Å². The van der Waals surface area contributed by atoms with E-state index >= 15 is 0 Å². The molecule has 0 spiro atoms. The molecule has 1 aromatic carbocycles. The minimum Gasteiger partial charge on any atom is -0.480 e. The molecule has 1 atom stereocenters. The summed E-state index contributed by atoms with van der Waals surface area (Å²) in [4.78, 5) is 49.9. The summed E-state index contributed by atoms with van der Waals surface area (Å²) in [6, 6.07) is 7.48. The normalized spacial score (nSPS) is 15.1. The molecule has 0 aliphatic heterocycles. The van der Waals surface area contributed by atoms with Crippen molar-refractivity contribution in [2.75, 3.05) is 0 Å². The lowest BCUT2D eigenvalue weighted by Crippen LogP contribution is -2.48. The van der Waals surface area contributed by atoms with Crippen molar-refractivity contribution in [2.45, 2.75) is 31.8 Å². The highest BCUT2D eigenvalue weighted by atomic mass is 16.4. The minimum atomic E-state index is -1.25. The summed E-state index contributed by atoms with van der Waals surface area (Å²) in [7, 11) is 0. The molecule has 1 aliphatic rings. The van der Waals surface area contributed by atoms with Crippen LogP contribution < -0.4 is 16.6 Å². The summed E-state index contributed by atoms with van der Waals surface area (Å²) in [5.41, 5.74) is -0.422. The molecule has 8 nitrogen and oxygen atoms in total. The second-order valence-electron chi connectivity index (χ2n) is 6.35. The largest absolute Gasteiger partial charge is 0.480 e. The predicted molar refractivity (Wildman–Crippen MR) is 93.7 cm³/mol. The van der Waals surface area contributed by atoms with Crippen LogP contribution in [-0.4, -0.2) is 32.6 Å². The first kappa shape index (κ1) is 17.7. The fourth-order valence-electron chi connectivity index (χ4n) is 2.81. The van der Waals surface area contributed by atoms with Crippen molar-refractivity contribution >= 4 is 11.9 Å². The average Bonchev–Trinajstić information content (AvgIpc) is 2.55. The van der Waals surface area contributed by atoms with Crippen molar-refractivity contribution in [1.29, 1.82) is 0 Å². The van der Waals surface area contributed by atoms with E-state index in [4.69, 9.17) is 0 Å². The predicted octanol–water partition coefficient (Wildman–Crippen LogP) is 0.573. The molecule has 1 saturated carbocycles. The Labute approximate surface area is 148 Å². The van der Waals surface area contributed by atoms with E-state index in [-0.39, 0.29) is 23.9 Å². The Morgan fingerprint density at radius 3 is 2.50 bits per heavy atom. The number of hydrogen-bond donors (Lipinski definition) is 3. The molecule has 0 saturated heterocycles. The number of nitrogens with one attached hydrogen (secondary N) is 2. The first-order valence-corrected chi connectivity index (χ1v) is 8.38. The number of aromatic nitrogens is 2. The third-order valence-electron chi connectivity index (χ3n) is 4.57. The van der Waals surface area contributed by atoms with Crippen molar-refractivity contribution in [3.05, 3.63) is 57.4 Å². The number of aromatic amines is 1. The Morgan fingerprint density at radius 1 is 1.23 bits per heavy atom. The van der Waals surface area contributed by atoms with Gasteiger partial charge in [0.2, 0.25) is 5.91 Å². The van der Waals surface area contributed by atoms with Crippen LogP contribution in [0, 0.1) is 5.92 Å². The lowest BCUT2D eigenvalue weighted by atomic mass is 9.84. The third-order valence-corrected chi connectivity index (χ3v) is 4.57. The van der Waals surface area contributed by atoms with Gasteiger partial charge in [-0.2, -0.15) is 0 Å². The second-order valence-corrected chi connectivity index (χ2v) is 6.35. The number of carbonyl (C=O) groups is 2. The van der Waals surface area contributed by atoms with Gasteiger partial charge in [-0.05, 0) is 18.4 Å². The van der Waals surface area contributed by atoms with Gasteiger partial charge < -0.3 is 10.4 Å². The lowest BCUT2D eigenvalue weighted by molar-refractivity contribution is -0.143. The first-order chi connectivity index (χ1) is 12.5. The molecule has 26 heavy (non-hydrogen) atoms. The fraction of sp³-hybridized carbons (Fsp3) is 0.333. The van der Waals surface area contributed by atoms with Crippen LogP contribution in [0.1, 0.15) is 19.3 Å². The molecule has 2 aromatic rings. The highest BCUT2D eigenvalue weighted by Crippen LogP contribution is 2.26. The standard InChI is InChI=1S/C18H19N3O5/c22-15(12-7-4-8-12)19-14(17(24)25)10-21-9-13(16(23)20-18(21)26)11-5-2-1-3-6-11/h1-3,5-6,9,12,14H,4,7-8,10H2,(H,19,22)(H,24,25)(H,20,23,26)/t14-/m0/s1. The summed E-state index contributed by atoms with van der Waals surface area (Å²) >= 11 is 0. The summed E-state index contributed by atoms with van der Waals surface area (Å²) < 4.78 is 1.10. The molecule has 0 unspecified atom stereocenters. The first-order valence-electron chi connectivity index (χ1n) is 8.38. The van der Waals surface area contributed by atoms with E-state index in [1.807, 2.05) is 0 Å². The Hall–Kier alpha value is -3.16. The van der Waals surface area contributed by atoms with E-state index in [2.05, 4.69) is 10.3 Å². The topological polar surface area (TPSA) is 121 Å². The highest BCUT2D eigenvalue weighted by Gasteiger charge is 2.29. The molecule has 1 heterocycles. The van der Waals surface area contributed by atoms with Crippen LogP contribution in [-0.2, 0) is 16.1 Å². The lowest BCUT2D eigenvalue weighted by Gasteiger charge is -2.26. The van der Waals surface area contributed by atoms with Crippen molar-refractivity contribution in [3.63, 3.8) is 0 Å². The molecule has 0 bridgehead atoms. The highest BCUT2D eigenvalue weighted by molar-refractivity contribution is 5.85. The number of amides is 1. The number of nitrogens with zero attached hydrogens (tertiary/aromatic N) is 1. The molecular formula is C18H19N3O5. The molecule has 8 heteroatoms. The van der Waals surface area contributed by atoms with Gasteiger partial charge in [-0.25, -0.2) is 9.59 Å². The number of carbonyl (C=O) groups excluding carboxylic acids is 1. The molecule has 136 valence electrons. The van der Waals surface area contributed by atoms with E-state index in [9.17, 15) is 24.3 Å². The van der Waals surface area contributed by atoms with Gasteiger partial charge >= 0.3 is 11.7 Å². The molecule has 1 aromatic heterocycles. The third kappa shape index (κ3) is 3.74. The average molecular weight is 357 g/mol. The maximum Gasteiger partial charge on any atom is 0.328 e. The van der Waals surface area contributed by atoms with Gasteiger partial charge in [0.25, 0.3) is 5.56 Å². The SMILES string of the molecule is O=C(N[C@@H](Cn1cc(-c2ccccc2)c(=O)[nH]c1=O)C(=O)O)C1CCC1. The maximum atomic E-state index is 12.1. The molecule has 3 N–H and O–H groups in total. The zero-order chi connectivity index (χ0) is 18.7. The van der Waals surface area contributed by atoms with Crippen LogP contribution in [0.15, 0.2) is 46.1 Å². The van der Waals surface area contributed by atoms with Gasteiger partial charge in [0.15, 0.2) is 0 Å². The molecule has 0 radical (unpaired) electrons. The maximum absolute atomic E-state index is 12.1.